The summed E-state index contributed by atoms with van der Waals surface area (Å²) in [6, 6.07) is 2.17. The van der Waals surface area contributed by atoms with Gasteiger partial charge in [-0.15, -0.1) is 0 Å². The largest absolute Gasteiger partial charge is 0.354 e. The van der Waals surface area contributed by atoms with Gasteiger partial charge in [0.15, 0.2) is 11.6 Å². The Hall–Kier alpha value is -1.16. The van der Waals surface area contributed by atoms with Crippen LogP contribution in [0.3, 0.4) is 0 Å². The Labute approximate surface area is 121 Å². The van der Waals surface area contributed by atoms with E-state index in [4.69, 9.17) is 0 Å². The van der Waals surface area contributed by atoms with Gasteiger partial charge >= 0.3 is 0 Å². The summed E-state index contributed by atoms with van der Waals surface area (Å²) in [5.74, 6) is 1.17. The fourth-order valence-electron chi connectivity index (χ4n) is 3.16. The fourth-order valence-corrected chi connectivity index (χ4v) is 3.16. The van der Waals surface area contributed by atoms with Gasteiger partial charge in [-0.05, 0) is 44.7 Å². The number of nitrogens with one attached hydrogen (secondary N) is 1. The summed E-state index contributed by atoms with van der Waals surface area (Å²) >= 11 is 0. The van der Waals surface area contributed by atoms with Crippen molar-refractivity contribution in [3.63, 3.8) is 0 Å². The van der Waals surface area contributed by atoms with Crippen LogP contribution < -0.4 is 10.2 Å². The third-order valence-corrected chi connectivity index (χ3v) is 4.59. The molecular formula is C16H26FN3. The number of hydrogen-bond donors (Lipinski definition) is 1. The van der Waals surface area contributed by atoms with Crippen LogP contribution >= 0.6 is 0 Å². The number of rotatable bonds is 5. The molecule has 0 unspecified atom stereocenters. The Bertz CT molecular complexity index is 428. The first-order chi connectivity index (χ1) is 9.67. The molecular weight excluding hydrogens is 253 g/mol. The average Bonchev–Trinajstić information content (AvgIpc) is 2.49. The topological polar surface area (TPSA) is 28.2 Å². The smallest absolute Gasteiger partial charge is 0.170 e. The molecule has 0 radical (unpaired) electrons. The van der Waals surface area contributed by atoms with Gasteiger partial charge in [-0.3, -0.25) is 0 Å². The van der Waals surface area contributed by atoms with Gasteiger partial charge < -0.3 is 10.2 Å². The zero-order valence-corrected chi connectivity index (χ0v) is 12.8. The lowest BCUT2D eigenvalue weighted by molar-refractivity contribution is 0.311. The lowest BCUT2D eigenvalue weighted by atomic mass is 9.84. The predicted octanol–water partition coefficient (Wildman–Crippen LogP) is 3.35. The lowest BCUT2D eigenvalue weighted by Crippen LogP contribution is -2.36. The molecule has 0 aromatic carbocycles. The zero-order valence-electron chi connectivity index (χ0n) is 12.8. The van der Waals surface area contributed by atoms with E-state index in [1.165, 1.54) is 19.3 Å². The highest BCUT2D eigenvalue weighted by Crippen LogP contribution is 2.31. The first-order valence-electron chi connectivity index (χ1n) is 7.68. The van der Waals surface area contributed by atoms with Crippen LogP contribution in [-0.2, 0) is 6.54 Å². The Morgan fingerprint density at radius 2 is 2.05 bits per heavy atom. The van der Waals surface area contributed by atoms with E-state index < -0.39 is 0 Å². The van der Waals surface area contributed by atoms with Crippen molar-refractivity contribution >= 4 is 5.82 Å². The minimum Gasteiger partial charge on any atom is -0.354 e. The molecule has 3 nitrogen and oxygen atoms in total. The fraction of sp³-hybridized carbons (Fsp3) is 0.688. The number of hydrogen-bond acceptors (Lipinski definition) is 3. The molecule has 1 N–H and O–H groups in total. The van der Waals surface area contributed by atoms with Gasteiger partial charge in [-0.2, -0.15) is 0 Å². The summed E-state index contributed by atoms with van der Waals surface area (Å²) in [5, 5.41) is 3.00. The summed E-state index contributed by atoms with van der Waals surface area (Å²) in [4.78, 5) is 6.30. The van der Waals surface area contributed by atoms with Crippen molar-refractivity contribution in [1.82, 2.24) is 10.3 Å². The number of halogens is 1. The summed E-state index contributed by atoms with van der Waals surface area (Å²) in [7, 11) is 3.81. The maximum Gasteiger partial charge on any atom is 0.170 e. The van der Waals surface area contributed by atoms with Crippen LogP contribution in [0, 0.1) is 11.7 Å². The predicted molar refractivity (Wildman–Crippen MR) is 81.4 cm³/mol. The Kier molecular flexibility index (Phi) is 5.35. The second-order valence-electron chi connectivity index (χ2n) is 5.83. The molecule has 2 rings (SSSR count). The van der Waals surface area contributed by atoms with Gasteiger partial charge in [0.25, 0.3) is 0 Å². The van der Waals surface area contributed by atoms with Gasteiger partial charge in [-0.25, -0.2) is 9.37 Å². The van der Waals surface area contributed by atoms with E-state index in [2.05, 4.69) is 17.2 Å². The molecule has 0 bridgehead atoms. The minimum atomic E-state index is -0.179. The molecule has 1 aromatic rings. The molecule has 1 saturated carbocycles. The molecule has 1 aromatic heterocycles. The molecule has 1 aliphatic carbocycles. The summed E-state index contributed by atoms with van der Waals surface area (Å²) in [5.41, 5.74) is 0.687. The highest BCUT2D eigenvalue weighted by Gasteiger charge is 2.25. The Morgan fingerprint density at radius 1 is 1.35 bits per heavy atom. The van der Waals surface area contributed by atoms with E-state index in [0.717, 1.165) is 18.8 Å². The van der Waals surface area contributed by atoms with Crippen LogP contribution in [0.1, 0.15) is 44.6 Å². The van der Waals surface area contributed by atoms with Crippen molar-refractivity contribution in [3.05, 3.63) is 23.6 Å². The molecule has 0 amide bonds. The van der Waals surface area contributed by atoms with Gasteiger partial charge in [0.05, 0.1) is 0 Å². The van der Waals surface area contributed by atoms with Crippen molar-refractivity contribution < 1.29 is 4.39 Å². The summed E-state index contributed by atoms with van der Waals surface area (Å²) in [6.07, 6.45) is 7.77. The Morgan fingerprint density at radius 3 is 2.65 bits per heavy atom. The third-order valence-electron chi connectivity index (χ3n) is 4.59. The molecule has 1 fully saturated rings. The van der Waals surface area contributed by atoms with Crippen LogP contribution in [0.5, 0.6) is 0 Å². The van der Waals surface area contributed by atoms with Crippen molar-refractivity contribution in [2.24, 2.45) is 5.92 Å². The van der Waals surface area contributed by atoms with Gasteiger partial charge in [0.2, 0.25) is 0 Å². The summed E-state index contributed by atoms with van der Waals surface area (Å²) in [6.45, 7) is 2.80. The molecule has 1 aliphatic rings. The van der Waals surface area contributed by atoms with E-state index >= 15 is 0 Å². The van der Waals surface area contributed by atoms with Crippen LogP contribution in [0.4, 0.5) is 10.2 Å². The second kappa shape index (κ2) is 7.02. The monoisotopic (exact) mass is 279 g/mol. The number of anilines is 1. The molecule has 4 heteroatoms. The first-order valence-corrected chi connectivity index (χ1v) is 7.68. The van der Waals surface area contributed by atoms with Crippen molar-refractivity contribution in [1.29, 1.82) is 0 Å². The van der Waals surface area contributed by atoms with E-state index in [-0.39, 0.29) is 5.82 Å². The minimum absolute atomic E-state index is 0.179. The quantitative estimate of drug-likeness (QED) is 0.896. The standard InChI is InChI=1S/C16H26FN3/c1-4-12-5-7-14(8-6-12)20(3)16-15(17)13(11-18-2)9-10-19-16/h9-10,12,14,18H,4-8,11H2,1-3H3. The molecule has 0 aliphatic heterocycles. The van der Waals surface area contributed by atoms with Gasteiger partial charge in [0, 0.05) is 31.4 Å². The van der Waals surface area contributed by atoms with Crippen LogP contribution in [0.25, 0.3) is 0 Å². The molecule has 0 spiro atoms. The number of nitrogens with zero attached hydrogens (tertiary/aromatic N) is 2. The van der Waals surface area contributed by atoms with Crippen molar-refractivity contribution in [2.45, 2.75) is 51.6 Å². The molecule has 0 saturated heterocycles. The molecule has 112 valence electrons. The summed E-state index contributed by atoms with van der Waals surface area (Å²) < 4.78 is 14.5. The Balaban J connectivity index is 2.09. The lowest BCUT2D eigenvalue weighted by Gasteiger charge is -2.35. The van der Waals surface area contributed by atoms with Crippen LogP contribution in [-0.4, -0.2) is 25.1 Å². The van der Waals surface area contributed by atoms with E-state index in [1.807, 2.05) is 19.0 Å². The van der Waals surface area contributed by atoms with Crippen LogP contribution in [0.2, 0.25) is 0 Å². The first kappa shape index (κ1) is 15.2. The van der Waals surface area contributed by atoms with Gasteiger partial charge in [0.1, 0.15) is 0 Å². The third kappa shape index (κ3) is 3.29. The normalized spacial score (nSPS) is 22.8. The van der Waals surface area contributed by atoms with Crippen LogP contribution in [0.15, 0.2) is 12.3 Å². The van der Waals surface area contributed by atoms with E-state index in [1.54, 1.807) is 12.3 Å². The van der Waals surface area contributed by atoms with E-state index in [0.29, 0.717) is 24.0 Å². The average molecular weight is 279 g/mol. The van der Waals surface area contributed by atoms with Crippen molar-refractivity contribution in [2.75, 3.05) is 19.0 Å². The SMILES string of the molecule is CCC1CCC(N(C)c2nccc(CNC)c2F)CC1. The van der Waals surface area contributed by atoms with E-state index in [9.17, 15) is 4.39 Å². The highest BCUT2D eigenvalue weighted by molar-refractivity contribution is 5.43. The zero-order chi connectivity index (χ0) is 14.5. The maximum atomic E-state index is 14.5. The number of pyridine rings is 1. The maximum absolute atomic E-state index is 14.5. The molecule has 0 atom stereocenters. The number of aromatic nitrogens is 1. The van der Waals surface area contributed by atoms with Gasteiger partial charge in [-0.1, -0.05) is 13.3 Å². The molecule has 20 heavy (non-hydrogen) atoms. The molecule has 1 heterocycles. The highest BCUT2D eigenvalue weighted by atomic mass is 19.1. The van der Waals surface area contributed by atoms with Crippen molar-refractivity contribution in [3.8, 4) is 0 Å². The second-order valence-corrected chi connectivity index (χ2v) is 5.83.